The molecule has 0 atom stereocenters. The second kappa shape index (κ2) is 5.17. The van der Waals surface area contributed by atoms with Crippen LogP contribution in [0.1, 0.15) is 25.5 Å². The summed E-state index contributed by atoms with van der Waals surface area (Å²) in [7, 11) is 0. The Bertz CT molecular complexity index is 763. The van der Waals surface area contributed by atoms with Crippen molar-refractivity contribution in [3.63, 3.8) is 0 Å². The Morgan fingerprint density at radius 1 is 1.05 bits per heavy atom. The molecular formula is C16H14ClN3. The maximum absolute atomic E-state index is 6.13. The van der Waals surface area contributed by atoms with Gasteiger partial charge >= 0.3 is 0 Å². The summed E-state index contributed by atoms with van der Waals surface area (Å²) < 4.78 is 0. The van der Waals surface area contributed by atoms with Crippen LogP contribution in [0.4, 0.5) is 0 Å². The molecule has 0 unspecified atom stereocenters. The average molecular weight is 284 g/mol. The number of nitrogens with zero attached hydrogens (tertiary/aromatic N) is 3. The van der Waals surface area contributed by atoms with Gasteiger partial charge in [-0.05, 0) is 24.1 Å². The third-order valence-electron chi connectivity index (χ3n) is 3.20. The number of para-hydroxylation sites is 1. The number of fused-ring (bicyclic) bond motifs is 1. The summed E-state index contributed by atoms with van der Waals surface area (Å²) in [5, 5.41) is 1.51. The van der Waals surface area contributed by atoms with Crippen molar-refractivity contribution in [3.05, 3.63) is 53.4 Å². The molecule has 0 saturated heterocycles. The van der Waals surface area contributed by atoms with Gasteiger partial charge in [0.2, 0.25) is 0 Å². The molecule has 3 nitrogen and oxygen atoms in total. The molecule has 0 aliphatic rings. The number of hydrogen-bond donors (Lipinski definition) is 0. The first kappa shape index (κ1) is 13.0. The molecule has 2 heterocycles. The molecule has 20 heavy (non-hydrogen) atoms. The molecule has 2 aromatic heterocycles. The van der Waals surface area contributed by atoms with Crippen LogP contribution >= 0.6 is 11.6 Å². The molecule has 0 amide bonds. The van der Waals surface area contributed by atoms with Crippen LogP contribution in [0.2, 0.25) is 5.15 Å². The first-order valence-electron chi connectivity index (χ1n) is 6.54. The first-order chi connectivity index (χ1) is 9.65. The molecule has 0 bridgehead atoms. The van der Waals surface area contributed by atoms with Gasteiger partial charge in [-0.25, -0.2) is 9.97 Å². The maximum atomic E-state index is 6.13. The van der Waals surface area contributed by atoms with Gasteiger partial charge in [-0.3, -0.25) is 4.98 Å². The lowest BCUT2D eigenvalue weighted by atomic mass is 10.1. The molecule has 0 fully saturated rings. The van der Waals surface area contributed by atoms with Gasteiger partial charge in [-0.15, -0.1) is 0 Å². The van der Waals surface area contributed by atoms with Crippen LogP contribution in [0.5, 0.6) is 0 Å². The van der Waals surface area contributed by atoms with Crippen LogP contribution in [0.3, 0.4) is 0 Å². The number of pyridine rings is 1. The molecule has 0 aliphatic heterocycles. The molecule has 0 saturated carbocycles. The molecule has 0 radical (unpaired) electrons. The zero-order valence-corrected chi connectivity index (χ0v) is 12.1. The SMILES string of the molecule is CC(C)c1cc(Cl)nc(-c2ccnc3ccccc23)n1. The molecule has 0 aliphatic carbocycles. The van der Waals surface area contributed by atoms with Gasteiger partial charge < -0.3 is 0 Å². The predicted octanol–water partition coefficient (Wildman–Crippen LogP) is 4.47. The molecule has 3 aromatic rings. The van der Waals surface area contributed by atoms with Crippen LogP contribution < -0.4 is 0 Å². The van der Waals surface area contributed by atoms with Crippen molar-refractivity contribution in [2.75, 3.05) is 0 Å². The fourth-order valence-electron chi connectivity index (χ4n) is 2.14. The minimum atomic E-state index is 0.308. The molecule has 1 aromatic carbocycles. The van der Waals surface area contributed by atoms with E-state index >= 15 is 0 Å². The maximum Gasteiger partial charge on any atom is 0.161 e. The van der Waals surface area contributed by atoms with Crippen molar-refractivity contribution in [2.24, 2.45) is 0 Å². The molecular weight excluding hydrogens is 270 g/mol. The monoisotopic (exact) mass is 283 g/mol. The number of hydrogen-bond acceptors (Lipinski definition) is 3. The van der Waals surface area contributed by atoms with E-state index in [9.17, 15) is 0 Å². The highest BCUT2D eigenvalue weighted by atomic mass is 35.5. The zero-order valence-electron chi connectivity index (χ0n) is 11.3. The van der Waals surface area contributed by atoms with Gasteiger partial charge in [0.1, 0.15) is 5.15 Å². The second-order valence-corrected chi connectivity index (χ2v) is 5.36. The lowest BCUT2D eigenvalue weighted by Crippen LogP contribution is -1.98. The van der Waals surface area contributed by atoms with Crippen molar-refractivity contribution in [3.8, 4) is 11.4 Å². The quantitative estimate of drug-likeness (QED) is 0.651. The van der Waals surface area contributed by atoms with Crippen LogP contribution in [-0.4, -0.2) is 15.0 Å². The smallest absolute Gasteiger partial charge is 0.161 e. The van der Waals surface area contributed by atoms with Crippen molar-refractivity contribution < 1.29 is 0 Å². The number of aromatic nitrogens is 3. The number of benzene rings is 1. The summed E-state index contributed by atoms with van der Waals surface area (Å²) >= 11 is 6.13. The third-order valence-corrected chi connectivity index (χ3v) is 3.39. The van der Waals surface area contributed by atoms with E-state index in [2.05, 4.69) is 28.8 Å². The zero-order chi connectivity index (χ0) is 14.1. The van der Waals surface area contributed by atoms with Crippen molar-refractivity contribution in [1.82, 2.24) is 15.0 Å². The van der Waals surface area contributed by atoms with E-state index in [0.717, 1.165) is 22.2 Å². The van der Waals surface area contributed by atoms with E-state index in [-0.39, 0.29) is 0 Å². The minimum Gasteiger partial charge on any atom is -0.256 e. The summed E-state index contributed by atoms with van der Waals surface area (Å²) in [5.41, 5.74) is 2.83. The van der Waals surface area contributed by atoms with Crippen molar-refractivity contribution in [2.45, 2.75) is 19.8 Å². The summed E-state index contributed by atoms with van der Waals surface area (Å²) in [6.45, 7) is 4.18. The Morgan fingerprint density at radius 3 is 2.65 bits per heavy atom. The first-order valence-corrected chi connectivity index (χ1v) is 6.91. The fraction of sp³-hybridized carbons (Fsp3) is 0.188. The Balaban J connectivity index is 2.25. The Labute approximate surface area is 122 Å². The van der Waals surface area contributed by atoms with E-state index in [1.807, 2.05) is 36.4 Å². The van der Waals surface area contributed by atoms with Crippen LogP contribution in [-0.2, 0) is 0 Å². The molecule has 3 rings (SSSR count). The van der Waals surface area contributed by atoms with Crippen molar-refractivity contribution in [1.29, 1.82) is 0 Å². The molecule has 4 heteroatoms. The summed E-state index contributed by atoms with van der Waals surface area (Å²) in [4.78, 5) is 13.4. The Morgan fingerprint density at radius 2 is 1.85 bits per heavy atom. The highest BCUT2D eigenvalue weighted by molar-refractivity contribution is 6.29. The van der Waals surface area contributed by atoms with E-state index in [1.165, 1.54) is 0 Å². The summed E-state index contributed by atoms with van der Waals surface area (Å²) in [6.07, 6.45) is 1.77. The average Bonchev–Trinajstić information content (AvgIpc) is 2.46. The highest BCUT2D eigenvalue weighted by Crippen LogP contribution is 2.27. The third kappa shape index (κ3) is 2.37. The number of rotatable bonds is 2. The number of halogens is 1. The Hall–Kier alpha value is -2.00. The molecule has 0 N–H and O–H groups in total. The summed E-state index contributed by atoms with van der Waals surface area (Å²) in [6, 6.07) is 11.7. The van der Waals surface area contributed by atoms with E-state index < -0.39 is 0 Å². The van der Waals surface area contributed by atoms with Crippen LogP contribution in [0.25, 0.3) is 22.3 Å². The molecule has 100 valence electrons. The standard InChI is InChI=1S/C16H14ClN3/c1-10(2)14-9-15(17)20-16(19-14)12-7-8-18-13-6-4-3-5-11(12)13/h3-10H,1-2H3. The largest absolute Gasteiger partial charge is 0.256 e. The highest BCUT2D eigenvalue weighted by Gasteiger charge is 2.11. The van der Waals surface area contributed by atoms with E-state index in [4.69, 9.17) is 11.6 Å². The van der Waals surface area contributed by atoms with E-state index in [0.29, 0.717) is 16.9 Å². The predicted molar refractivity (Wildman–Crippen MR) is 81.9 cm³/mol. The lowest BCUT2D eigenvalue weighted by molar-refractivity contribution is 0.817. The fourth-order valence-corrected chi connectivity index (χ4v) is 2.33. The topological polar surface area (TPSA) is 38.7 Å². The second-order valence-electron chi connectivity index (χ2n) is 4.97. The van der Waals surface area contributed by atoms with Gasteiger partial charge in [0.05, 0.1) is 5.52 Å². The van der Waals surface area contributed by atoms with Gasteiger partial charge in [0.15, 0.2) is 5.82 Å². The minimum absolute atomic E-state index is 0.308. The van der Waals surface area contributed by atoms with E-state index in [1.54, 1.807) is 6.20 Å². The van der Waals surface area contributed by atoms with Crippen molar-refractivity contribution >= 4 is 22.5 Å². The lowest BCUT2D eigenvalue weighted by Gasteiger charge is -2.09. The van der Waals surface area contributed by atoms with Gasteiger partial charge in [0, 0.05) is 22.8 Å². The van der Waals surface area contributed by atoms with Gasteiger partial charge in [-0.2, -0.15) is 0 Å². The van der Waals surface area contributed by atoms with Crippen LogP contribution in [0.15, 0.2) is 42.6 Å². The van der Waals surface area contributed by atoms with Gasteiger partial charge in [-0.1, -0.05) is 43.6 Å². The molecule has 0 spiro atoms. The van der Waals surface area contributed by atoms with Crippen LogP contribution in [0, 0.1) is 0 Å². The summed E-state index contributed by atoms with van der Waals surface area (Å²) in [5.74, 6) is 0.960. The normalized spacial score (nSPS) is 11.2. The van der Waals surface area contributed by atoms with Gasteiger partial charge in [0.25, 0.3) is 0 Å². The Kier molecular flexibility index (Phi) is 3.36.